The highest BCUT2D eigenvalue weighted by Crippen LogP contribution is 2.28. The molecule has 0 radical (unpaired) electrons. The molecule has 0 unspecified atom stereocenters. The first-order valence-electron chi connectivity index (χ1n) is 11.8. The van der Waals surface area contributed by atoms with Gasteiger partial charge in [-0.2, -0.15) is 0 Å². The van der Waals surface area contributed by atoms with Crippen LogP contribution >= 0.6 is 0 Å². The first kappa shape index (κ1) is 23.3. The molecule has 0 saturated carbocycles. The van der Waals surface area contributed by atoms with E-state index in [0.717, 1.165) is 16.8 Å². The molecule has 1 atom stereocenters. The number of amides is 2. The van der Waals surface area contributed by atoms with E-state index in [1.54, 1.807) is 29.2 Å². The van der Waals surface area contributed by atoms with Crippen LogP contribution in [-0.4, -0.2) is 28.6 Å². The fraction of sp³-hybridized carbons (Fsp3) is 0.214. The third-order valence-corrected chi connectivity index (χ3v) is 6.27. The van der Waals surface area contributed by atoms with E-state index in [1.807, 2.05) is 62.4 Å². The number of hydrogen-bond donors (Lipinski definition) is 1. The van der Waals surface area contributed by atoms with E-state index in [-0.39, 0.29) is 24.8 Å². The summed E-state index contributed by atoms with van der Waals surface area (Å²) < 4.78 is 11.4. The smallest absolute Gasteiger partial charge is 0.254 e. The largest absolute Gasteiger partial charge is 0.484 e. The van der Waals surface area contributed by atoms with Gasteiger partial charge in [-0.25, -0.2) is 0 Å². The summed E-state index contributed by atoms with van der Waals surface area (Å²) in [6.45, 7) is 4.54. The number of carbonyl (C=O) groups is 2. The monoisotopic (exact) mass is 482 g/mol. The van der Waals surface area contributed by atoms with Crippen molar-refractivity contribution in [3.8, 4) is 17.2 Å². The predicted octanol–water partition coefficient (Wildman–Crippen LogP) is 4.92. The first-order valence-corrected chi connectivity index (χ1v) is 11.8. The molecule has 1 aromatic heterocycles. The van der Waals surface area contributed by atoms with Crippen LogP contribution in [0.15, 0.2) is 77.2 Å². The molecule has 8 nitrogen and oxygen atoms in total. The Morgan fingerprint density at radius 1 is 1.03 bits per heavy atom. The predicted molar refractivity (Wildman–Crippen MR) is 136 cm³/mol. The highest BCUT2D eigenvalue weighted by Gasteiger charge is 2.35. The lowest BCUT2D eigenvalue weighted by Gasteiger charge is -2.18. The second kappa shape index (κ2) is 10.0. The number of anilines is 2. The van der Waals surface area contributed by atoms with Gasteiger partial charge in [0, 0.05) is 29.9 Å². The van der Waals surface area contributed by atoms with E-state index >= 15 is 0 Å². The summed E-state index contributed by atoms with van der Waals surface area (Å²) in [6, 6.07) is 22.5. The van der Waals surface area contributed by atoms with Crippen LogP contribution in [0.3, 0.4) is 0 Å². The quantitative estimate of drug-likeness (QED) is 0.401. The topological polar surface area (TPSA) is 97.6 Å². The molecule has 1 N–H and O–H groups in total. The zero-order chi connectivity index (χ0) is 25.1. The van der Waals surface area contributed by atoms with E-state index in [1.165, 1.54) is 5.56 Å². The lowest BCUT2D eigenvalue weighted by Crippen LogP contribution is -2.28. The van der Waals surface area contributed by atoms with Crippen LogP contribution in [0.2, 0.25) is 0 Å². The molecule has 2 heterocycles. The molecule has 1 aliphatic rings. The van der Waals surface area contributed by atoms with Gasteiger partial charge in [-0.15, -0.1) is 10.2 Å². The van der Waals surface area contributed by atoms with Gasteiger partial charge in [0.05, 0.1) is 5.92 Å². The van der Waals surface area contributed by atoms with Gasteiger partial charge in [0.15, 0.2) is 6.61 Å². The average molecular weight is 483 g/mol. The van der Waals surface area contributed by atoms with E-state index < -0.39 is 5.92 Å². The van der Waals surface area contributed by atoms with Crippen LogP contribution in [0.1, 0.15) is 23.4 Å². The Hall–Kier alpha value is -4.46. The summed E-state index contributed by atoms with van der Waals surface area (Å²) in [5.74, 6) is 0.774. The normalized spacial score (nSPS) is 15.2. The van der Waals surface area contributed by atoms with Crippen LogP contribution in [0, 0.1) is 19.8 Å². The Morgan fingerprint density at radius 2 is 1.81 bits per heavy atom. The highest BCUT2D eigenvalue weighted by molar-refractivity contribution is 6.03. The van der Waals surface area contributed by atoms with Crippen LogP contribution in [0.4, 0.5) is 11.4 Å². The molecule has 0 bridgehead atoms. The van der Waals surface area contributed by atoms with Crippen molar-refractivity contribution >= 4 is 23.2 Å². The Labute approximate surface area is 208 Å². The van der Waals surface area contributed by atoms with Crippen molar-refractivity contribution in [3.05, 3.63) is 89.8 Å². The van der Waals surface area contributed by atoms with Gasteiger partial charge in [0.25, 0.3) is 5.89 Å². The highest BCUT2D eigenvalue weighted by atomic mass is 16.5. The number of benzene rings is 3. The molecule has 8 heteroatoms. The average Bonchev–Trinajstić information content (AvgIpc) is 3.53. The molecule has 0 spiro atoms. The third kappa shape index (κ3) is 5.12. The maximum absolute atomic E-state index is 12.8. The maximum atomic E-state index is 12.8. The van der Waals surface area contributed by atoms with E-state index in [0.29, 0.717) is 29.8 Å². The number of aryl methyl sites for hydroxylation is 2. The number of carbonyl (C=O) groups excluding carboxylic acids is 2. The van der Waals surface area contributed by atoms with Crippen LogP contribution in [0.5, 0.6) is 5.75 Å². The Balaban J connectivity index is 1.15. The van der Waals surface area contributed by atoms with Gasteiger partial charge >= 0.3 is 0 Å². The molecule has 3 aromatic carbocycles. The standard InChI is InChI=1S/C28H26N4O4/c1-18-8-11-23(14-19(18)2)32-16-21(15-26(32)33)27(34)29-22-9-12-24(13-10-22)35-17-25-30-31-28(36-25)20-6-4-3-5-7-20/h3-14,21H,15-17H2,1-2H3,(H,29,34)/t21-/m1/s1. The van der Waals surface area contributed by atoms with Crippen LogP contribution in [-0.2, 0) is 16.2 Å². The summed E-state index contributed by atoms with van der Waals surface area (Å²) in [5.41, 5.74) is 4.59. The van der Waals surface area contributed by atoms with Gasteiger partial charge in [-0.1, -0.05) is 24.3 Å². The summed E-state index contributed by atoms with van der Waals surface area (Å²) in [4.78, 5) is 27.1. The molecule has 182 valence electrons. The summed E-state index contributed by atoms with van der Waals surface area (Å²) in [6.07, 6.45) is 0.190. The van der Waals surface area contributed by atoms with Crippen molar-refractivity contribution in [2.45, 2.75) is 26.9 Å². The molecule has 1 saturated heterocycles. The minimum Gasteiger partial charge on any atom is -0.484 e. The van der Waals surface area contributed by atoms with E-state index in [2.05, 4.69) is 15.5 Å². The van der Waals surface area contributed by atoms with Crippen molar-refractivity contribution in [3.63, 3.8) is 0 Å². The van der Waals surface area contributed by atoms with E-state index in [9.17, 15) is 9.59 Å². The minimum absolute atomic E-state index is 0.0430. The van der Waals surface area contributed by atoms with Crippen LogP contribution < -0.4 is 15.0 Å². The molecule has 0 aliphatic carbocycles. The van der Waals surface area contributed by atoms with Gasteiger partial charge in [0.2, 0.25) is 17.7 Å². The fourth-order valence-electron chi connectivity index (χ4n) is 4.06. The lowest BCUT2D eigenvalue weighted by atomic mass is 10.1. The number of nitrogens with one attached hydrogen (secondary N) is 1. The van der Waals surface area contributed by atoms with Crippen molar-refractivity contribution < 1.29 is 18.7 Å². The summed E-state index contributed by atoms with van der Waals surface area (Å²) >= 11 is 0. The molecule has 4 aromatic rings. The zero-order valence-corrected chi connectivity index (χ0v) is 20.1. The van der Waals surface area contributed by atoms with Gasteiger partial charge < -0.3 is 19.4 Å². The Bertz CT molecular complexity index is 1380. The zero-order valence-electron chi connectivity index (χ0n) is 20.1. The molecular weight excluding hydrogens is 456 g/mol. The fourth-order valence-corrected chi connectivity index (χ4v) is 4.06. The van der Waals surface area contributed by atoms with Crippen LogP contribution in [0.25, 0.3) is 11.5 Å². The first-order chi connectivity index (χ1) is 17.5. The molecule has 36 heavy (non-hydrogen) atoms. The van der Waals surface area contributed by atoms with Crippen molar-refractivity contribution in [1.82, 2.24) is 10.2 Å². The Kier molecular flexibility index (Phi) is 6.49. The number of nitrogens with zero attached hydrogens (tertiary/aromatic N) is 3. The molecule has 1 fully saturated rings. The van der Waals surface area contributed by atoms with Gasteiger partial charge in [-0.05, 0) is 73.5 Å². The second-order valence-electron chi connectivity index (χ2n) is 8.84. The van der Waals surface area contributed by atoms with Crippen molar-refractivity contribution in [2.75, 3.05) is 16.8 Å². The minimum atomic E-state index is -0.411. The molecular formula is C28H26N4O4. The van der Waals surface area contributed by atoms with Crippen molar-refractivity contribution in [1.29, 1.82) is 0 Å². The number of aromatic nitrogens is 2. The SMILES string of the molecule is Cc1ccc(N2C[C@H](C(=O)Nc3ccc(OCc4nnc(-c5ccccc5)o4)cc3)CC2=O)cc1C. The van der Waals surface area contributed by atoms with Gasteiger partial charge in [0.1, 0.15) is 5.75 Å². The third-order valence-electron chi connectivity index (χ3n) is 6.27. The number of hydrogen-bond acceptors (Lipinski definition) is 6. The summed E-state index contributed by atoms with van der Waals surface area (Å²) in [7, 11) is 0. The number of rotatable bonds is 7. The Morgan fingerprint density at radius 3 is 2.56 bits per heavy atom. The van der Waals surface area contributed by atoms with Crippen molar-refractivity contribution in [2.24, 2.45) is 5.92 Å². The number of ether oxygens (including phenoxy) is 1. The lowest BCUT2D eigenvalue weighted by molar-refractivity contribution is -0.122. The molecule has 2 amide bonds. The second-order valence-corrected chi connectivity index (χ2v) is 8.84. The maximum Gasteiger partial charge on any atom is 0.254 e. The molecule has 5 rings (SSSR count). The van der Waals surface area contributed by atoms with E-state index in [4.69, 9.17) is 9.15 Å². The summed E-state index contributed by atoms with van der Waals surface area (Å²) in [5, 5.41) is 11.0. The molecule has 1 aliphatic heterocycles. The van der Waals surface area contributed by atoms with Gasteiger partial charge in [-0.3, -0.25) is 9.59 Å².